The maximum atomic E-state index is 11.2. The van der Waals surface area contributed by atoms with Gasteiger partial charge in [-0.1, -0.05) is 70.4 Å². The summed E-state index contributed by atoms with van der Waals surface area (Å²) in [6, 6.07) is 0. The second-order valence-corrected chi connectivity index (χ2v) is 7.48. The van der Waals surface area contributed by atoms with Crippen LogP contribution in [0, 0.1) is 0 Å². The molecule has 0 aromatic heterocycles. The minimum Gasteiger partial charge on any atom is -0.788 e. The number of phosphoric acid groups is 1. The first-order chi connectivity index (χ1) is 12.0. The van der Waals surface area contributed by atoms with Crippen molar-refractivity contribution in [1.82, 2.24) is 5.48 Å². The Labute approximate surface area is 209 Å². The number of carbonyl (C=O) groups is 1. The van der Waals surface area contributed by atoms with Crippen molar-refractivity contribution in [3.05, 3.63) is 12.2 Å². The molecule has 0 aromatic carbocycles. The summed E-state index contributed by atoms with van der Waals surface area (Å²) in [4.78, 5) is 31.5. The fraction of sp³-hybridized carbons (Fsp3) is 0.833. The van der Waals surface area contributed by atoms with E-state index in [9.17, 15) is 19.1 Å². The molecular formula is C18H34NNa2O5P. The van der Waals surface area contributed by atoms with Crippen LogP contribution < -0.4 is 74.4 Å². The predicted molar refractivity (Wildman–Crippen MR) is 96.3 cm³/mol. The Balaban J connectivity index is -0.00000288. The third kappa shape index (κ3) is 29.6. The summed E-state index contributed by atoms with van der Waals surface area (Å²) in [5.74, 6) is -0.579. The van der Waals surface area contributed by atoms with Crippen molar-refractivity contribution in [2.24, 2.45) is 0 Å². The van der Waals surface area contributed by atoms with E-state index in [-0.39, 0.29) is 65.5 Å². The summed E-state index contributed by atoms with van der Waals surface area (Å²) in [6.07, 6.45) is 19.9. The van der Waals surface area contributed by atoms with Crippen molar-refractivity contribution < 1.29 is 82.9 Å². The molecule has 0 aliphatic carbocycles. The third-order valence-corrected chi connectivity index (χ3v) is 4.25. The summed E-state index contributed by atoms with van der Waals surface area (Å²) >= 11 is 0. The fourth-order valence-corrected chi connectivity index (χ4v) is 2.73. The number of nitrogens with one attached hydrogen (secondary N) is 1. The van der Waals surface area contributed by atoms with Crippen LogP contribution in [0.4, 0.5) is 0 Å². The number of hydroxylamine groups is 1. The van der Waals surface area contributed by atoms with Crippen LogP contribution in [0.1, 0.15) is 96.8 Å². The smallest absolute Gasteiger partial charge is 0.788 e. The molecule has 0 aromatic rings. The Hall–Kier alpha value is 1.32. The van der Waals surface area contributed by atoms with Crippen molar-refractivity contribution >= 4 is 13.7 Å². The normalized spacial score (nSPS) is 11.1. The number of unbranched alkanes of at least 4 members (excludes halogenated alkanes) is 11. The average molecular weight is 421 g/mol. The minimum absolute atomic E-state index is 0. The van der Waals surface area contributed by atoms with Gasteiger partial charge in [0.05, 0.1) is 7.82 Å². The molecule has 0 fully saturated rings. The first-order valence-corrected chi connectivity index (χ1v) is 11.1. The monoisotopic (exact) mass is 421 g/mol. The Morgan fingerprint density at radius 3 is 1.78 bits per heavy atom. The molecule has 0 atom stereocenters. The van der Waals surface area contributed by atoms with E-state index in [1.165, 1.54) is 44.9 Å². The van der Waals surface area contributed by atoms with Gasteiger partial charge in [0, 0.05) is 6.42 Å². The summed E-state index contributed by atoms with van der Waals surface area (Å²) in [6.45, 7) is 2.24. The molecule has 0 spiro atoms. The van der Waals surface area contributed by atoms with E-state index in [0.717, 1.165) is 32.1 Å². The van der Waals surface area contributed by atoms with E-state index < -0.39 is 13.7 Å². The summed E-state index contributed by atoms with van der Waals surface area (Å²) < 4.78 is 13.9. The van der Waals surface area contributed by atoms with Crippen LogP contribution in [-0.2, 0) is 14.0 Å². The van der Waals surface area contributed by atoms with Gasteiger partial charge < -0.3 is 14.4 Å². The molecule has 0 saturated heterocycles. The second-order valence-electron chi connectivity index (χ2n) is 6.40. The van der Waals surface area contributed by atoms with Crippen LogP contribution in [0.2, 0.25) is 0 Å². The van der Waals surface area contributed by atoms with Gasteiger partial charge in [0.25, 0.3) is 0 Å². The minimum atomic E-state index is -5.13. The van der Waals surface area contributed by atoms with Gasteiger partial charge in [-0.15, -0.1) is 0 Å². The molecule has 0 rings (SSSR count). The summed E-state index contributed by atoms with van der Waals surface area (Å²) in [7, 11) is -5.13. The van der Waals surface area contributed by atoms with Crippen molar-refractivity contribution in [2.45, 2.75) is 96.8 Å². The van der Waals surface area contributed by atoms with Gasteiger partial charge in [-0.3, -0.25) is 4.79 Å². The van der Waals surface area contributed by atoms with Crippen LogP contribution in [0.5, 0.6) is 0 Å². The molecule has 9 heteroatoms. The molecule has 27 heavy (non-hydrogen) atoms. The molecule has 148 valence electrons. The van der Waals surface area contributed by atoms with Gasteiger partial charge in [0.15, 0.2) is 0 Å². The van der Waals surface area contributed by atoms with E-state index in [2.05, 4.69) is 23.7 Å². The Kier molecular flexibility index (Phi) is 28.8. The van der Waals surface area contributed by atoms with Gasteiger partial charge in [-0.05, 0) is 32.1 Å². The van der Waals surface area contributed by atoms with Crippen LogP contribution in [-0.4, -0.2) is 5.91 Å². The van der Waals surface area contributed by atoms with E-state index in [1.807, 2.05) is 0 Å². The molecule has 0 saturated carbocycles. The zero-order chi connectivity index (χ0) is 18.8. The van der Waals surface area contributed by atoms with E-state index in [4.69, 9.17) is 0 Å². The number of carbonyl (C=O) groups excluding carboxylic acids is 1. The van der Waals surface area contributed by atoms with Crippen LogP contribution in [0.25, 0.3) is 0 Å². The SMILES string of the molecule is CCCCCCCC/C=C\CCCCCCCC(=O)NOP(=O)([O-])[O-].[Na+].[Na+]. The Bertz CT molecular complexity index is 405. The molecular weight excluding hydrogens is 387 g/mol. The second kappa shape index (κ2) is 23.6. The molecule has 0 unspecified atom stereocenters. The zero-order valence-corrected chi connectivity index (χ0v) is 22.4. The molecule has 0 radical (unpaired) electrons. The maximum Gasteiger partial charge on any atom is 1.00 e. The standard InChI is InChI=1S/C18H36NO5P.2Na/c1-2-3-4-5-6-7-8-9-10-11-12-13-14-15-16-17-18(20)19-24-25(21,22)23;;/h9-10H,2-8,11-17H2,1H3,(H,19,20)(H2,21,22,23);;/q;2*+1/p-2/b10-9-;;. The number of hydrogen-bond donors (Lipinski definition) is 1. The molecule has 6 nitrogen and oxygen atoms in total. The summed E-state index contributed by atoms with van der Waals surface area (Å²) in [5, 5.41) is 0. The number of allylic oxidation sites excluding steroid dienone is 2. The largest absolute Gasteiger partial charge is 1.00 e. The molecule has 1 amide bonds. The molecule has 0 bridgehead atoms. The Morgan fingerprint density at radius 1 is 0.852 bits per heavy atom. The first-order valence-electron chi connectivity index (χ1n) is 9.60. The van der Waals surface area contributed by atoms with E-state index in [1.54, 1.807) is 5.48 Å². The van der Waals surface area contributed by atoms with Crippen LogP contribution in [0.15, 0.2) is 12.2 Å². The van der Waals surface area contributed by atoms with Gasteiger partial charge >= 0.3 is 59.1 Å². The van der Waals surface area contributed by atoms with Gasteiger partial charge in [0.2, 0.25) is 5.91 Å². The van der Waals surface area contributed by atoms with Crippen molar-refractivity contribution in [3.63, 3.8) is 0 Å². The maximum absolute atomic E-state index is 11.2. The Morgan fingerprint density at radius 2 is 1.30 bits per heavy atom. The zero-order valence-electron chi connectivity index (χ0n) is 17.5. The topological polar surface area (TPSA) is 102 Å². The van der Waals surface area contributed by atoms with E-state index >= 15 is 0 Å². The van der Waals surface area contributed by atoms with Gasteiger partial charge in [-0.2, -0.15) is 0 Å². The quantitative estimate of drug-likeness (QED) is 0.0954. The van der Waals surface area contributed by atoms with Crippen molar-refractivity contribution in [3.8, 4) is 0 Å². The first kappa shape index (κ1) is 33.0. The number of hydrogen-bond acceptors (Lipinski definition) is 5. The molecule has 0 heterocycles. The molecule has 0 aliphatic rings. The third-order valence-electron chi connectivity index (χ3n) is 3.94. The molecule has 0 aliphatic heterocycles. The number of amides is 1. The molecule has 1 N–H and O–H groups in total. The van der Waals surface area contributed by atoms with Crippen LogP contribution >= 0.6 is 7.82 Å². The average Bonchev–Trinajstić information content (AvgIpc) is 2.56. The predicted octanol–water partition coefficient (Wildman–Crippen LogP) is -2.09. The van der Waals surface area contributed by atoms with Gasteiger partial charge in [0.1, 0.15) is 0 Å². The van der Waals surface area contributed by atoms with E-state index in [0.29, 0.717) is 6.42 Å². The van der Waals surface area contributed by atoms with Gasteiger partial charge in [-0.25, -0.2) is 10.1 Å². The summed E-state index contributed by atoms with van der Waals surface area (Å²) in [5.41, 5.74) is 1.64. The van der Waals surface area contributed by atoms with Crippen molar-refractivity contribution in [1.29, 1.82) is 0 Å². The van der Waals surface area contributed by atoms with Crippen molar-refractivity contribution in [2.75, 3.05) is 0 Å². The number of rotatable bonds is 17. The fourth-order valence-electron chi connectivity index (χ4n) is 2.51. The van der Waals surface area contributed by atoms with Crippen LogP contribution in [0.3, 0.4) is 0 Å².